The van der Waals surface area contributed by atoms with Crippen molar-refractivity contribution in [1.29, 1.82) is 0 Å². The Morgan fingerprint density at radius 2 is 2.11 bits per heavy atom. The molecule has 0 saturated carbocycles. The van der Waals surface area contributed by atoms with Crippen LogP contribution in [0.2, 0.25) is 0 Å². The zero-order valence-electron chi connectivity index (χ0n) is 10.7. The summed E-state index contributed by atoms with van der Waals surface area (Å²) in [6, 6.07) is 2.01. The van der Waals surface area contributed by atoms with Crippen LogP contribution in [-0.4, -0.2) is 11.8 Å². The summed E-state index contributed by atoms with van der Waals surface area (Å²) in [5.74, 6) is 0.0101. The zero-order valence-corrected chi connectivity index (χ0v) is 14.7. The third-order valence-electron chi connectivity index (χ3n) is 3.25. The third kappa shape index (κ3) is 3.47. The van der Waals surface area contributed by atoms with Crippen molar-refractivity contribution in [3.63, 3.8) is 0 Å². The lowest BCUT2D eigenvalue weighted by molar-refractivity contribution is -0.137. The van der Waals surface area contributed by atoms with Crippen LogP contribution in [0.1, 0.15) is 37.5 Å². The second-order valence-corrected chi connectivity index (χ2v) is 8.49. The standard InChI is InChI=1S/C13H15Br2NO2S/c1-6(2)3-8-7(4-11(17)16-13(8)18)10-5-9(14)12(15)19-10/h5-8H,3-4H2,1-2H3,(H,16,17,18). The molecule has 19 heavy (non-hydrogen) atoms. The third-order valence-corrected chi connectivity index (χ3v) is 6.63. The average molecular weight is 409 g/mol. The average Bonchev–Trinajstić information content (AvgIpc) is 2.62. The highest BCUT2D eigenvalue weighted by Gasteiger charge is 2.37. The molecule has 0 bridgehead atoms. The van der Waals surface area contributed by atoms with Crippen LogP contribution in [0.4, 0.5) is 0 Å². The van der Waals surface area contributed by atoms with E-state index in [9.17, 15) is 9.59 Å². The topological polar surface area (TPSA) is 46.2 Å². The molecule has 2 amide bonds. The quantitative estimate of drug-likeness (QED) is 0.766. The highest BCUT2D eigenvalue weighted by atomic mass is 79.9. The second-order valence-electron chi connectivity index (χ2n) is 5.23. The molecule has 2 rings (SSSR count). The molecule has 1 aromatic rings. The van der Waals surface area contributed by atoms with Crippen LogP contribution in [0.5, 0.6) is 0 Å². The Labute approximate surface area is 133 Å². The first-order valence-corrected chi connectivity index (χ1v) is 8.57. The summed E-state index contributed by atoms with van der Waals surface area (Å²) >= 11 is 8.52. The first-order valence-electron chi connectivity index (χ1n) is 6.17. The summed E-state index contributed by atoms with van der Waals surface area (Å²) in [4.78, 5) is 24.8. The predicted octanol–water partition coefficient (Wildman–Crippen LogP) is 4.07. The summed E-state index contributed by atoms with van der Waals surface area (Å²) in [6.07, 6.45) is 1.19. The van der Waals surface area contributed by atoms with Crippen LogP contribution in [0.25, 0.3) is 0 Å². The highest BCUT2D eigenvalue weighted by Crippen LogP contribution is 2.42. The van der Waals surface area contributed by atoms with E-state index in [0.29, 0.717) is 12.3 Å². The first kappa shape index (κ1) is 15.2. The molecule has 6 heteroatoms. The van der Waals surface area contributed by atoms with E-state index in [4.69, 9.17) is 0 Å². The normalized spacial score (nSPS) is 23.8. The van der Waals surface area contributed by atoms with Gasteiger partial charge in [0.15, 0.2) is 0 Å². The molecule has 0 radical (unpaired) electrons. The lowest BCUT2D eigenvalue weighted by atomic mass is 9.79. The molecule has 1 saturated heterocycles. The van der Waals surface area contributed by atoms with Crippen molar-refractivity contribution < 1.29 is 9.59 Å². The molecular weight excluding hydrogens is 394 g/mol. The number of carbonyl (C=O) groups is 2. The van der Waals surface area contributed by atoms with Crippen molar-refractivity contribution in [2.75, 3.05) is 0 Å². The van der Waals surface area contributed by atoms with Crippen molar-refractivity contribution >= 4 is 55.0 Å². The van der Waals surface area contributed by atoms with Gasteiger partial charge in [0.1, 0.15) is 0 Å². The van der Waals surface area contributed by atoms with Crippen molar-refractivity contribution in [2.45, 2.75) is 32.6 Å². The number of thiophene rings is 1. The molecule has 3 nitrogen and oxygen atoms in total. The molecule has 104 valence electrons. The molecule has 1 aliphatic rings. The number of amides is 2. The second kappa shape index (κ2) is 6.06. The Balaban J connectivity index is 2.31. The SMILES string of the molecule is CC(C)CC1C(=O)NC(=O)CC1c1cc(Br)c(Br)s1. The number of imide groups is 1. The maximum Gasteiger partial charge on any atom is 0.230 e. The Morgan fingerprint density at radius 3 is 2.63 bits per heavy atom. The van der Waals surface area contributed by atoms with Crippen LogP contribution >= 0.6 is 43.2 Å². The summed E-state index contributed by atoms with van der Waals surface area (Å²) in [5.41, 5.74) is 0. The van der Waals surface area contributed by atoms with Crippen LogP contribution in [0.15, 0.2) is 14.3 Å². The maximum absolute atomic E-state index is 12.1. The number of carbonyl (C=O) groups excluding carboxylic acids is 2. The smallest absolute Gasteiger partial charge is 0.230 e. The van der Waals surface area contributed by atoms with Crippen LogP contribution < -0.4 is 5.32 Å². The summed E-state index contributed by atoms with van der Waals surface area (Å²) < 4.78 is 1.98. The van der Waals surface area contributed by atoms with Crippen molar-refractivity contribution in [3.8, 4) is 0 Å². The Bertz CT molecular complexity index is 493. The van der Waals surface area contributed by atoms with Gasteiger partial charge in [0.05, 0.1) is 3.79 Å². The minimum Gasteiger partial charge on any atom is -0.296 e. The number of rotatable bonds is 3. The van der Waals surface area contributed by atoms with Gasteiger partial charge in [-0.15, -0.1) is 11.3 Å². The van der Waals surface area contributed by atoms with E-state index >= 15 is 0 Å². The lowest BCUT2D eigenvalue weighted by Crippen LogP contribution is -2.45. The van der Waals surface area contributed by atoms with E-state index in [1.165, 1.54) is 0 Å². The molecular formula is C13H15Br2NO2S. The number of hydrogen-bond acceptors (Lipinski definition) is 3. The Kier molecular flexibility index (Phi) is 4.84. The van der Waals surface area contributed by atoms with Gasteiger partial charge in [0.25, 0.3) is 0 Å². The number of hydrogen-bond donors (Lipinski definition) is 1. The van der Waals surface area contributed by atoms with E-state index in [1.807, 2.05) is 6.07 Å². The van der Waals surface area contributed by atoms with E-state index in [1.54, 1.807) is 11.3 Å². The zero-order chi connectivity index (χ0) is 14.2. The summed E-state index contributed by atoms with van der Waals surface area (Å²) in [6.45, 7) is 4.20. The van der Waals surface area contributed by atoms with E-state index in [2.05, 4.69) is 51.0 Å². The fourth-order valence-corrected chi connectivity index (χ4v) is 4.69. The lowest BCUT2D eigenvalue weighted by Gasteiger charge is -2.30. The van der Waals surface area contributed by atoms with E-state index in [0.717, 1.165) is 19.6 Å². The minimum absolute atomic E-state index is 0.00347. The Hall–Kier alpha value is -0.200. The Morgan fingerprint density at radius 1 is 1.42 bits per heavy atom. The molecule has 1 fully saturated rings. The van der Waals surface area contributed by atoms with Crippen molar-refractivity contribution in [1.82, 2.24) is 5.32 Å². The fourth-order valence-electron chi connectivity index (χ4n) is 2.43. The van der Waals surface area contributed by atoms with Gasteiger partial charge >= 0.3 is 0 Å². The van der Waals surface area contributed by atoms with Crippen LogP contribution in [0.3, 0.4) is 0 Å². The summed E-state index contributed by atoms with van der Waals surface area (Å²) in [5, 5.41) is 2.46. The molecule has 2 atom stereocenters. The predicted molar refractivity (Wildman–Crippen MR) is 83.2 cm³/mol. The van der Waals surface area contributed by atoms with E-state index in [-0.39, 0.29) is 23.7 Å². The highest BCUT2D eigenvalue weighted by molar-refractivity contribution is 9.13. The molecule has 1 aliphatic heterocycles. The largest absolute Gasteiger partial charge is 0.296 e. The van der Waals surface area contributed by atoms with Gasteiger partial charge < -0.3 is 0 Å². The van der Waals surface area contributed by atoms with Crippen molar-refractivity contribution in [3.05, 3.63) is 19.2 Å². The number of piperidine rings is 1. The van der Waals surface area contributed by atoms with Gasteiger partial charge in [0.2, 0.25) is 11.8 Å². The minimum atomic E-state index is -0.171. The van der Waals surface area contributed by atoms with Gasteiger partial charge in [-0.1, -0.05) is 13.8 Å². The fraction of sp³-hybridized carbons (Fsp3) is 0.538. The summed E-state index contributed by atoms with van der Waals surface area (Å²) in [7, 11) is 0. The molecule has 0 aliphatic carbocycles. The van der Waals surface area contributed by atoms with Crippen LogP contribution in [-0.2, 0) is 9.59 Å². The van der Waals surface area contributed by atoms with Crippen LogP contribution in [0, 0.1) is 11.8 Å². The first-order chi connectivity index (χ1) is 8.88. The molecule has 2 heterocycles. The molecule has 0 aromatic carbocycles. The number of nitrogens with one attached hydrogen (secondary N) is 1. The van der Waals surface area contributed by atoms with Crippen molar-refractivity contribution in [2.24, 2.45) is 11.8 Å². The monoisotopic (exact) mass is 407 g/mol. The van der Waals surface area contributed by atoms with Gasteiger partial charge in [-0.25, -0.2) is 0 Å². The van der Waals surface area contributed by atoms with Gasteiger partial charge in [-0.05, 0) is 50.3 Å². The van der Waals surface area contributed by atoms with Gasteiger partial charge in [0, 0.05) is 27.6 Å². The van der Waals surface area contributed by atoms with Gasteiger partial charge in [-0.2, -0.15) is 0 Å². The van der Waals surface area contributed by atoms with Gasteiger partial charge in [-0.3, -0.25) is 14.9 Å². The number of halogens is 2. The molecule has 1 aromatic heterocycles. The maximum atomic E-state index is 12.1. The van der Waals surface area contributed by atoms with E-state index < -0.39 is 0 Å². The molecule has 2 unspecified atom stereocenters. The molecule has 1 N–H and O–H groups in total. The molecule has 0 spiro atoms.